The van der Waals surface area contributed by atoms with Crippen LogP contribution in [0.3, 0.4) is 0 Å². The Kier molecular flexibility index (Phi) is 4.85. The summed E-state index contributed by atoms with van der Waals surface area (Å²) in [6.45, 7) is 8.34. The molecule has 4 aliphatic rings. The summed E-state index contributed by atoms with van der Waals surface area (Å²) in [5, 5.41) is 0. The number of ether oxygens (including phenoxy) is 1. The van der Waals surface area contributed by atoms with E-state index in [1.165, 1.54) is 38.8 Å². The van der Waals surface area contributed by atoms with Crippen molar-refractivity contribution in [2.24, 2.45) is 11.3 Å². The maximum Gasteiger partial charge on any atom is 0.225 e. The largest absolute Gasteiger partial charge is 0.379 e. The average molecular weight is 335 g/mol. The molecule has 4 fully saturated rings. The van der Waals surface area contributed by atoms with Crippen LogP contribution in [0.25, 0.3) is 0 Å². The van der Waals surface area contributed by atoms with E-state index in [1.54, 1.807) is 0 Å². The molecular formula is C19H33N3O2. The summed E-state index contributed by atoms with van der Waals surface area (Å²) < 4.78 is 5.48. The van der Waals surface area contributed by atoms with Gasteiger partial charge < -0.3 is 14.5 Å². The van der Waals surface area contributed by atoms with Gasteiger partial charge in [0, 0.05) is 51.2 Å². The van der Waals surface area contributed by atoms with Crippen molar-refractivity contribution in [2.45, 2.75) is 44.6 Å². The number of morpholine rings is 1. The predicted molar refractivity (Wildman–Crippen MR) is 93.9 cm³/mol. The van der Waals surface area contributed by atoms with Crippen molar-refractivity contribution in [1.82, 2.24) is 14.7 Å². The van der Waals surface area contributed by atoms with E-state index in [1.807, 2.05) is 0 Å². The Morgan fingerprint density at radius 3 is 2.46 bits per heavy atom. The van der Waals surface area contributed by atoms with Crippen molar-refractivity contribution < 1.29 is 9.53 Å². The van der Waals surface area contributed by atoms with Crippen molar-refractivity contribution in [3.63, 3.8) is 0 Å². The Hall–Kier alpha value is -0.650. The standard InChI is InChI=1S/C19H33N3O2/c1-20-15-19(13-17(20)14-21-9-11-24-12-10-21)5-7-22(8-6-19)18(23)16-3-2-4-16/h16-17H,2-15H2,1H3. The molecule has 0 radical (unpaired) electrons. The first kappa shape index (κ1) is 16.8. The number of rotatable bonds is 3. The summed E-state index contributed by atoms with van der Waals surface area (Å²) in [7, 11) is 2.30. The zero-order valence-electron chi connectivity index (χ0n) is 15.2. The van der Waals surface area contributed by atoms with E-state index in [4.69, 9.17) is 4.74 Å². The Balaban J connectivity index is 1.29. The third kappa shape index (κ3) is 3.35. The molecule has 1 atom stereocenters. The van der Waals surface area contributed by atoms with Gasteiger partial charge in [0.1, 0.15) is 0 Å². The number of hydrogen-bond donors (Lipinski definition) is 0. The number of likely N-dealkylation sites (tertiary alicyclic amines) is 2. The molecule has 1 amide bonds. The van der Waals surface area contributed by atoms with E-state index in [-0.39, 0.29) is 0 Å². The second-order valence-corrected chi connectivity index (χ2v) is 8.64. The van der Waals surface area contributed by atoms with Gasteiger partial charge in [0.2, 0.25) is 5.91 Å². The molecule has 0 N–H and O–H groups in total. The normalized spacial score (nSPS) is 32.2. The lowest BCUT2D eigenvalue weighted by Gasteiger charge is -2.41. The maximum absolute atomic E-state index is 12.5. The zero-order chi connectivity index (χ0) is 16.6. The van der Waals surface area contributed by atoms with Gasteiger partial charge in [0.25, 0.3) is 0 Å². The van der Waals surface area contributed by atoms with Gasteiger partial charge in [0.05, 0.1) is 13.2 Å². The van der Waals surface area contributed by atoms with Gasteiger partial charge in [-0.15, -0.1) is 0 Å². The van der Waals surface area contributed by atoms with Gasteiger partial charge >= 0.3 is 0 Å². The highest BCUT2D eigenvalue weighted by Crippen LogP contribution is 2.43. The van der Waals surface area contributed by atoms with Crippen LogP contribution in [0.5, 0.6) is 0 Å². The summed E-state index contributed by atoms with van der Waals surface area (Å²) in [5.74, 6) is 0.812. The molecule has 3 saturated heterocycles. The van der Waals surface area contributed by atoms with Crippen LogP contribution in [0.2, 0.25) is 0 Å². The number of amides is 1. The quantitative estimate of drug-likeness (QED) is 0.782. The highest BCUT2D eigenvalue weighted by atomic mass is 16.5. The number of carbonyl (C=O) groups excluding carboxylic acids is 1. The van der Waals surface area contributed by atoms with Crippen molar-refractivity contribution in [3.8, 4) is 0 Å². The predicted octanol–water partition coefficient (Wildman–Crippen LogP) is 1.43. The molecule has 3 aliphatic heterocycles. The molecule has 0 aromatic rings. The van der Waals surface area contributed by atoms with E-state index >= 15 is 0 Å². The number of likely N-dealkylation sites (N-methyl/N-ethyl adjacent to an activating group) is 1. The summed E-state index contributed by atoms with van der Waals surface area (Å²) in [5.41, 5.74) is 0.460. The second kappa shape index (κ2) is 6.93. The minimum atomic E-state index is 0.361. The molecule has 1 saturated carbocycles. The molecule has 4 rings (SSSR count). The van der Waals surface area contributed by atoms with Crippen molar-refractivity contribution in [2.75, 3.05) is 59.5 Å². The fraction of sp³-hybridized carbons (Fsp3) is 0.947. The molecule has 136 valence electrons. The van der Waals surface area contributed by atoms with E-state index in [9.17, 15) is 4.79 Å². The molecule has 0 aromatic heterocycles. The SMILES string of the molecule is CN1CC2(CCN(C(=O)C3CCC3)CC2)CC1CN1CCOCC1. The molecule has 0 bridgehead atoms. The minimum Gasteiger partial charge on any atom is -0.379 e. The fourth-order valence-corrected chi connectivity index (χ4v) is 5.14. The average Bonchev–Trinajstić information content (AvgIpc) is 2.83. The lowest BCUT2D eigenvalue weighted by Crippen LogP contribution is -2.47. The number of carbonyl (C=O) groups is 1. The number of piperidine rings is 1. The highest BCUT2D eigenvalue weighted by Gasteiger charge is 2.45. The lowest BCUT2D eigenvalue weighted by atomic mass is 9.75. The monoisotopic (exact) mass is 335 g/mol. The first-order chi connectivity index (χ1) is 11.7. The summed E-state index contributed by atoms with van der Waals surface area (Å²) in [6.07, 6.45) is 7.23. The van der Waals surface area contributed by atoms with E-state index in [0.29, 0.717) is 23.3 Å². The van der Waals surface area contributed by atoms with Gasteiger partial charge in [-0.05, 0) is 44.6 Å². The molecule has 1 unspecified atom stereocenters. The molecule has 3 heterocycles. The Labute approximate surface area is 146 Å². The summed E-state index contributed by atoms with van der Waals surface area (Å²) in [6, 6.07) is 0.678. The number of nitrogens with zero attached hydrogens (tertiary/aromatic N) is 3. The van der Waals surface area contributed by atoms with Crippen molar-refractivity contribution >= 4 is 5.91 Å². The smallest absolute Gasteiger partial charge is 0.225 e. The third-order valence-corrected chi connectivity index (χ3v) is 7.04. The Bertz CT molecular complexity index is 452. The second-order valence-electron chi connectivity index (χ2n) is 8.64. The van der Waals surface area contributed by atoms with Crippen LogP contribution in [0, 0.1) is 11.3 Å². The molecule has 24 heavy (non-hydrogen) atoms. The van der Waals surface area contributed by atoms with Gasteiger partial charge in [-0.2, -0.15) is 0 Å². The van der Waals surface area contributed by atoms with Crippen LogP contribution >= 0.6 is 0 Å². The van der Waals surface area contributed by atoms with Crippen LogP contribution < -0.4 is 0 Å². The van der Waals surface area contributed by atoms with Gasteiger partial charge in [-0.1, -0.05) is 6.42 Å². The van der Waals surface area contributed by atoms with E-state index in [0.717, 1.165) is 52.2 Å². The van der Waals surface area contributed by atoms with Crippen LogP contribution in [0.1, 0.15) is 38.5 Å². The van der Waals surface area contributed by atoms with Gasteiger partial charge in [-0.25, -0.2) is 0 Å². The van der Waals surface area contributed by atoms with Gasteiger partial charge in [-0.3, -0.25) is 9.69 Å². The fourth-order valence-electron chi connectivity index (χ4n) is 5.14. The Morgan fingerprint density at radius 1 is 1.12 bits per heavy atom. The van der Waals surface area contributed by atoms with Crippen LogP contribution in [0.4, 0.5) is 0 Å². The summed E-state index contributed by atoms with van der Waals surface area (Å²) in [4.78, 5) is 19.8. The molecular weight excluding hydrogens is 302 g/mol. The first-order valence-corrected chi connectivity index (χ1v) is 9.94. The maximum atomic E-state index is 12.5. The van der Waals surface area contributed by atoms with Crippen LogP contribution in [-0.4, -0.2) is 86.2 Å². The van der Waals surface area contributed by atoms with Crippen molar-refractivity contribution in [1.29, 1.82) is 0 Å². The molecule has 5 nitrogen and oxygen atoms in total. The van der Waals surface area contributed by atoms with E-state index in [2.05, 4.69) is 21.7 Å². The first-order valence-electron chi connectivity index (χ1n) is 9.94. The third-order valence-electron chi connectivity index (χ3n) is 7.04. The van der Waals surface area contributed by atoms with Gasteiger partial charge in [0.15, 0.2) is 0 Å². The van der Waals surface area contributed by atoms with Crippen LogP contribution in [-0.2, 0) is 9.53 Å². The summed E-state index contributed by atoms with van der Waals surface area (Å²) >= 11 is 0. The van der Waals surface area contributed by atoms with Crippen molar-refractivity contribution in [3.05, 3.63) is 0 Å². The minimum absolute atomic E-state index is 0.361. The van der Waals surface area contributed by atoms with Crippen LogP contribution in [0.15, 0.2) is 0 Å². The highest BCUT2D eigenvalue weighted by molar-refractivity contribution is 5.79. The zero-order valence-corrected chi connectivity index (χ0v) is 15.2. The lowest BCUT2D eigenvalue weighted by molar-refractivity contribution is -0.140. The molecule has 1 aliphatic carbocycles. The Morgan fingerprint density at radius 2 is 1.83 bits per heavy atom. The number of hydrogen-bond acceptors (Lipinski definition) is 4. The molecule has 5 heteroatoms. The molecule has 1 spiro atoms. The van der Waals surface area contributed by atoms with E-state index < -0.39 is 0 Å². The molecule has 0 aromatic carbocycles. The topological polar surface area (TPSA) is 36.0 Å².